The van der Waals surface area contributed by atoms with Gasteiger partial charge in [0.1, 0.15) is 5.75 Å². The van der Waals surface area contributed by atoms with Gasteiger partial charge in [-0.25, -0.2) is 8.42 Å². The van der Waals surface area contributed by atoms with Gasteiger partial charge < -0.3 is 10.6 Å². The molecule has 18 heavy (non-hydrogen) atoms. The lowest BCUT2D eigenvalue weighted by Crippen LogP contribution is -2.41. The fourth-order valence-corrected chi connectivity index (χ4v) is 3.97. The second-order valence-corrected chi connectivity index (χ2v) is 7.61. The fourth-order valence-electron chi connectivity index (χ4n) is 2.44. The molecule has 1 aliphatic heterocycles. The average Bonchev–Trinajstić information content (AvgIpc) is 3.12. The van der Waals surface area contributed by atoms with Gasteiger partial charge in [-0.1, -0.05) is 0 Å². The first-order valence-corrected chi connectivity index (χ1v) is 8.54. The molecular weight excluding hydrogens is 252 g/mol. The number of hydrogen-bond donors (Lipinski definition) is 1. The minimum absolute atomic E-state index is 0.0444. The SMILES string of the molecule is NC(CS(=O)(=O)CC(=O)N1CCCCC1)C1CC1. The molecule has 0 spiro atoms. The molecule has 0 aromatic heterocycles. The van der Waals surface area contributed by atoms with Crippen LogP contribution in [0.25, 0.3) is 0 Å². The molecule has 1 saturated carbocycles. The van der Waals surface area contributed by atoms with Crippen molar-refractivity contribution in [3.8, 4) is 0 Å². The molecular formula is C12H22N2O3S. The third-order valence-electron chi connectivity index (χ3n) is 3.73. The number of amides is 1. The maximum Gasteiger partial charge on any atom is 0.237 e. The van der Waals surface area contributed by atoms with Crippen LogP contribution in [0.1, 0.15) is 32.1 Å². The van der Waals surface area contributed by atoms with E-state index in [1.54, 1.807) is 4.90 Å². The topological polar surface area (TPSA) is 80.5 Å². The Labute approximate surface area is 109 Å². The molecule has 0 aromatic carbocycles. The molecule has 1 aliphatic carbocycles. The van der Waals surface area contributed by atoms with Gasteiger partial charge in [-0.05, 0) is 38.0 Å². The van der Waals surface area contributed by atoms with Gasteiger partial charge in [0.25, 0.3) is 0 Å². The Bertz CT molecular complexity index is 398. The van der Waals surface area contributed by atoms with Crippen LogP contribution in [-0.2, 0) is 14.6 Å². The van der Waals surface area contributed by atoms with E-state index in [1.807, 2.05) is 0 Å². The monoisotopic (exact) mass is 274 g/mol. The van der Waals surface area contributed by atoms with Crippen LogP contribution in [0.3, 0.4) is 0 Å². The minimum Gasteiger partial charge on any atom is -0.342 e. The molecule has 1 unspecified atom stereocenters. The number of nitrogens with zero attached hydrogens (tertiary/aromatic N) is 1. The molecule has 0 bridgehead atoms. The average molecular weight is 274 g/mol. The molecule has 1 amide bonds. The van der Waals surface area contributed by atoms with Crippen molar-refractivity contribution in [1.82, 2.24) is 4.90 Å². The van der Waals surface area contributed by atoms with Crippen LogP contribution in [0, 0.1) is 5.92 Å². The Hall–Kier alpha value is -0.620. The number of carbonyl (C=O) groups excluding carboxylic acids is 1. The zero-order valence-electron chi connectivity index (χ0n) is 10.7. The van der Waals surface area contributed by atoms with Gasteiger partial charge in [0.15, 0.2) is 9.84 Å². The Morgan fingerprint density at radius 3 is 2.39 bits per heavy atom. The Balaban J connectivity index is 1.84. The lowest BCUT2D eigenvalue weighted by atomic mass is 10.1. The van der Waals surface area contributed by atoms with E-state index in [4.69, 9.17) is 5.73 Å². The molecule has 1 heterocycles. The van der Waals surface area contributed by atoms with E-state index in [1.165, 1.54) is 0 Å². The second-order valence-electron chi connectivity index (χ2n) is 5.50. The number of hydrogen-bond acceptors (Lipinski definition) is 4. The van der Waals surface area contributed by atoms with Crippen LogP contribution >= 0.6 is 0 Å². The van der Waals surface area contributed by atoms with Crippen LogP contribution in [0.15, 0.2) is 0 Å². The summed E-state index contributed by atoms with van der Waals surface area (Å²) in [5.74, 6) is -0.312. The molecule has 1 atom stereocenters. The summed E-state index contributed by atoms with van der Waals surface area (Å²) in [5, 5.41) is 0. The van der Waals surface area contributed by atoms with Crippen molar-refractivity contribution < 1.29 is 13.2 Å². The molecule has 1 saturated heterocycles. The van der Waals surface area contributed by atoms with Gasteiger partial charge in [0.2, 0.25) is 5.91 Å². The van der Waals surface area contributed by atoms with Crippen molar-refractivity contribution in [2.45, 2.75) is 38.1 Å². The predicted molar refractivity (Wildman–Crippen MR) is 69.8 cm³/mol. The standard InChI is InChI=1S/C12H22N2O3S/c13-11(10-4-5-10)8-18(16,17)9-12(15)14-6-2-1-3-7-14/h10-11H,1-9,13H2. The van der Waals surface area contributed by atoms with E-state index < -0.39 is 9.84 Å². The summed E-state index contributed by atoms with van der Waals surface area (Å²) in [6, 6.07) is -0.288. The predicted octanol–water partition coefficient (Wildman–Crippen LogP) is 0.151. The number of likely N-dealkylation sites (tertiary alicyclic amines) is 1. The van der Waals surface area contributed by atoms with Gasteiger partial charge >= 0.3 is 0 Å². The number of carbonyl (C=O) groups is 1. The zero-order valence-corrected chi connectivity index (χ0v) is 11.5. The lowest BCUT2D eigenvalue weighted by molar-refractivity contribution is -0.129. The van der Waals surface area contributed by atoms with Gasteiger partial charge in [-0.2, -0.15) is 0 Å². The van der Waals surface area contributed by atoms with Crippen LogP contribution in [0.2, 0.25) is 0 Å². The molecule has 0 aromatic rings. The molecule has 104 valence electrons. The maximum atomic E-state index is 11.9. The quantitative estimate of drug-likeness (QED) is 0.774. The summed E-state index contributed by atoms with van der Waals surface area (Å²) in [5.41, 5.74) is 5.82. The van der Waals surface area contributed by atoms with Gasteiger partial charge in [-0.15, -0.1) is 0 Å². The molecule has 5 nitrogen and oxygen atoms in total. The third kappa shape index (κ3) is 3.95. The van der Waals surface area contributed by atoms with E-state index >= 15 is 0 Å². The number of sulfone groups is 1. The zero-order chi connectivity index (χ0) is 13.2. The highest BCUT2D eigenvalue weighted by Crippen LogP contribution is 2.32. The van der Waals surface area contributed by atoms with E-state index in [2.05, 4.69) is 0 Å². The van der Waals surface area contributed by atoms with E-state index in [9.17, 15) is 13.2 Å². The maximum absolute atomic E-state index is 11.9. The molecule has 2 aliphatic rings. The molecule has 2 rings (SSSR count). The first-order valence-electron chi connectivity index (χ1n) is 6.72. The summed E-state index contributed by atoms with van der Waals surface area (Å²) < 4.78 is 23.8. The summed E-state index contributed by atoms with van der Waals surface area (Å²) in [7, 11) is -3.35. The molecule has 2 fully saturated rings. The number of nitrogens with two attached hydrogens (primary N) is 1. The second kappa shape index (κ2) is 5.57. The van der Waals surface area contributed by atoms with Crippen molar-refractivity contribution in [2.24, 2.45) is 11.7 Å². The van der Waals surface area contributed by atoms with Crippen molar-refractivity contribution >= 4 is 15.7 Å². The smallest absolute Gasteiger partial charge is 0.237 e. The fraction of sp³-hybridized carbons (Fsp3) is 0.917. The van der Waals surface area contributed by atoms with Crippen molar-refractivity contribution in [2.75, 3.05) is 24.6 Å². The van der Waals surface area contributed by atoms with E-state index in [0.29, 0.717) is 19.0 Å². The highest BCUT2D eigenvalue weighted by molar-refractivity contribution is 7.92. The minimum atomic E-state index is -3.35. The van der Waals surface area contributed by atoms with Crippen LogP contribution in [-0.4, -0.2) is 49.9 Å². The highest BCUT2D eigenvalue weighted by atomic mass is 32.2. The van der Waals surface area contributed by atoms with Crippen LogP contribution in [0.5, 0.6) is 0 Å². The Morgan fingerprint density at radius 1 is 1.22 bits per heavy atom. The number of piperidine rings is 1. The van der Waals surface area contributed by atoms with Gasteiger partial charge in [0, 0.05) is 19.1 Å². The van der Waals surface area contributed by atoms with Crippen molar-refractivity contribution in [3.63, 3.8) is 0 Å². The number of rotatable bonds is 5. The Kier molecular flexibility index (Phi) is 4.27. The lowest BCUT2D eigenvalue weighted by Gasteiger charge is -2.26. The third-order valence-corrected chi connectivity index (χ3v) is 5.31. The van der Waals surface area contributed by atoms with Gasteiger partial charge in [0.05, 0.1) is 5.75 Å². The molecule has 0 radical (unpaired) electrons. The van der Waals surface area contributed by atoms with Gasteiger partial charge in [-0.3, -0.25) is 4.79 Å². The molecule has 2 N–H and O–H groups in total. The molecule has 6 heteroatoms. The van der Waals surface area contributed by atoms with E-state index in [0.717, 1.165) is 32.1 Å². The normalized spacial score (nSPS) is 22.8. The summed E-state index contributed by atoms with van der Waals surface area (Å²) in [6.07, 6.45) is 5.14. The van der Waals surface area contributed by atoms with E-state index in [-0.39, 0.29) is 23.5 Å². The van der Waals surface area contributed by atoms with Crippen molar-refractivity contribution in [3.05, 3.63) is 0 Å². The first kappa shape index (κ1) is 13.8. The summed E-state index contributed by atoms with van der Waals surface area (Å²) >= 11 is 0. The summed E-state index contributed by atoms with van der Waals surface area (Å²) in [4.78, 5) is 13.6. The Morgan fingerprint density at radius 2 is 1.83 bits per heavy atom. The van der Waals surface area contributed by atoms with Crippen LogP contribution in [0.4, 0.5) is 0 Å². The van der Waals surface area contributed by atoms with Crippen molar-refractivity contribution in [1.29, 1.82) is 0 Å². The first-order chi connectivity index (χ1) is 8.48. The highest BCUT2D eigenvalue weighted by Gasteiger charge is 2.33. The summed E-state index contributed by atoms with van der Waals surface area (Å²) in [6.45, 7) is 1.39. The largest absolute Gasteiger partial charge is 0.342 e. The van der Waals surface area contributed by atoms with Crippen LogP contribution < -0.4 is 5.73 Å².